The van der Waals surface area contributed by atoms with E-state index >= 15 is 0 Å². The van der Waals surface area contributed by atoms with Crippen molar-refractivity contribution in [1.82, 2.24) is 9.97 Å². The summed E-state index contributed by atoms with van der Waals surface area (Å²) in [7, 11) is 0. The van der Waals surface area contributed by atoms with Gasteiger partial charge in [-0.2, -0.15) is 0 Å². The molecule has 0 amide bonds. The van der Waals surface area contributed by atoms with Gasteiger partial charge in [-0.15, -0.1) is 0 Å². The summed E-state index contributed by atoms with van der Waals surface area (Å²) in [6.45, 7) is 0. The molecule has 2 rings (SSSR count). The zero-order valence-electron chi connectivity index (χ0n) is 7.72. The van der Waals surface area contributed by atoms with E-state index in [-0.39, 0.29) is 0 Å². The first-order chi connectivity index (χ1) is 7.56. The van der Waals surface area contributed by atoms with E-state index in [0.29, 0.717) is 26.2 Å². The average molecular weight is 294 g/mol. The number of halogens is 4. The highest BCUT2D eigenvalue weighted by Crippen LogP contribution is 2.30. The van der Waals surface area contributed by atoms with Crippen molar-refractivity contribution in [1.29, 1.82) is 0 Å². The molecule has 2 aromatic heterocycles. The van der Waals surface area contributed by atoms with Crippen molar-refractivity contribution in [3.8, 4) is 11.1 Å². The molecule has 0 aromatic carbocycles. The normalized spacial score (nSPS) is 10.5. The average Bonchev–Trinajstić information content (AvgIpc) is 2.15. The maximum Gasteiger partial charge on any atom is 0.138 e. The monoisotopic (exact) mass is 292 g/mol. The Balaban J connectivity index is 2.58. The van der Waals surface area contributed by atoms with E-state index in [1.165, 1.54) is 0 Å². The lowest BCUT2D eigenvalue weighted by Crippen LogP contribution is -1.86. The Kier molecular flexibility index (Phi) is 3.55. The molecule has 0 bridgehead atoms. The predicted octanol–water partition coefficient (Wildman–Crippen LogP) is 4.76. The summed E-state index contributed by atoms with van der Waals surface area (Å²) >= 11 is 23.3. The van der Waals surface area contributed by atoms with Crippen LogP contribution < -0.4 is 0 Å². The fourth-order valence-electron chi connectivity index (χ4n) is 1.25. The van der Waals surface area contributed by atoms with Crippen molar-refractivity contribution in [3.63, 3.8) is 0 Å². The van der Waals surface area contributed by atoms with Gasteiger partial charge in [-0.1, -0.05) is 46.4 Å². The molecule has 2 heterocycles. The van der Waals surface area contributed by atoms with Crippen LogP contribution in [0.4, 0.5) is 0 Å². The Hall–Kier alpha value is -0.540. The largest absolute Gasteiger partial charge is 0.224 e. The minimum absolute atomic E-state index is 0.297. The Bertz CT molecular complexity index is 522. The van der Waals surface area contributed by atoms with Gasteiger partial charge in [0.05, 0.1) is 0 Å². The molecular weight excluding hydrogens is 290 g/mol. The summed E-state index contributed by atoms with van der Waals surface area (Å²) in [4.78, 5) is 7.78. The number of hydrogen-bond acceptors (Lipinski definition) is 2. The molecular formula is C10H4Cl4N2. The van der Waals surface area contributed by atoms with Gasteiger partial charge in [-0.3, -0.25) is 0 Å². The van der Waals surface area contributed by atoms with E-state index < -0.39 is 0 Å². The third kappa shape index (κ3) is 2.58. The molecule has 0 aliphatic carbocycles. The van der Waals surface area contributed by atoms with Crippen LogP contribution in [-0.4, -0.2) is 9.97 Å². The second-order valence-electron chi connectivity index (χ2n) is 2.97. The third-order valence-corrected chi connectivity index (χ3v) is 2.77. The fraction of sp³-hybridized carbons (Fsp3) is 0. The summed E-state index contributed by atoms with van der Waals surface area (Å²) in [5.74, 6) is 0. The second kappa shape index (κ2) is 4.76. The van der Waals surface area contributed by atoms with Crippen LogP contribution in [0.5, 0.6) is 0 Å². The van der Waals surface area contributed by atoms with Crippen LogP contribution in [0.15, 0.2) is 24.3 Å². The van der Waals surface area contributed by atoms with E-state index in [4.69, 9.17) is 46.4 Å². The minimum Gasteiger partial charge on any atom is -0.224 e. The van der Waals surface area contributed by atoms with Gasteiger partial charge in [-0.25, -0.2) is 9.97 Å². The molecule has 0 atom stereocenters. The van der Waals surface area contributed by atoms with E-state index in [2.05, 4.69) is 9.97 Å². The Morgan fingerprint density at radius 2 is 1.38 bits per heavy atom. The SMILES string of the molecule is Clc1cc(-c2ccc(Cl)nc2Cl)cc(Cl)n1. The topological polar surface area (TPSA) is 25.8 Å². The molecule has 0 saturated heterocycles. The van der Waals surface area contributed by atoms with E-state index in [0.717, 1.165) is 5.56 Å². The predicted molar refractivity (Wildman–Crippen MR) is 67.5 cm³/mol. The Labute approximate surface area is 112 Å². The van der Waals surface area contributed by atoms with Crippen molar-refractivity contribution >= 4 is 46.4 Å². The van der Waals surface area contributed by atoms with Crippen LogP contribution in [-0.2, 0) is 0 Å². The lowest BCUT2D eigenvalue weighted by atomic mass is 10.1. The van der Waals surface area contributed by atoms with E-state index in [1.807, 2.05) is 0 Å². The number of rotatable bonds is 1. The van der Waals surface area contributed by atoms with Crippen molar-refractivity contribution < 1.29 is 0 Å². The van der Waals surface area contributed by atoms with Crippen LogP contribution in [0.25, 0.3) is 11.1 Å². The molecule has 2 nitrogen and oxygen atoms in total. The molecule has 0 fully saturated rings. The van der Waals surface area contributed by atoms with Gasteiger partial charge < -0.3 is 0 Å². The summed E-state index contributed by atoms with van der Waals surface area (Å²) in [6, 6.07) is 6.71. The first-order valence-corrected chi connectivity index (χ1v) is 5.73. The Morgan fingerprint density at radius 1 is 0.750 bits per heavy atom. The highest BCUT2D eigenvalue weighted by atomic mass is 35.5. The number of aromatic nitrogens is 2. The molecule has 0 N–H and O–H groups in total. The molecule has 6 heteroatoms. The zero-order valence-corrected chi connectivity index (χ0v) is 10.7. The number of hydrogen-bond donors (Lipinski definition) is 0. The second-order valence-corrected chi connectivity index (χ2v) is 4.49. The van der Waals surface area contributed by atoms with Crippen molar-refractivity contribution in [2.75, 3.05) is 0 Å². The van der Waals surface area contributed by atoms with Crippen LogP contribution in [0.2, 0.25) is 20.6 Å². The molecule has 0 unspecified atom stereocenters. The third-order valence-electron chi connectivity index (χ3n) is 1.89. The molecule has 0 saturated carbocycles. The van der Waals surface area contributed by atoms with Crippen molar-refractivity contribution in [3.05, 3.63) is 44.9 Å². The van der Waals surface area contributed by atoms with Crippen LogP contribution in [0, 0.1) is 0 Å². The van der Waals surface area contributed by atoms with Crippen LogP contribution >= 0.6 is 46.4 Å². The van der Waals surface area contributed by atoms with Gasteiger partial charge in [0.15, 0.2) is 0 Å². The minimum atomic E-state index is 0.297. The summed E-state index contributed by atoms with van der Waals surface area (Å²) in [5, 5.41) is 1.23. The fourth-order valence-corrected chi connectivity index (χ4v) is 2.16. The summed E-state index contributed by atoms with van der Waals surface area (Å²) in [5.41, 5.74) is 1.46. The van der Waals surface area contributed by atoms with Gasteiger partial charge in [0, 0.05) is 5.56 Å². The molecule has 0 aliphatic heterocycles. The lowest BCUT2D eigenvalue weighted by molar-refractivity contribution is 1.30. The van der Waals surface area contributed by atoms with Crippen LogP contribution in [0.3, 0.4) is 0 Å². The summed E-state index contributed by atoms with van der Waals surface area (Å²) in [6.07, 6.45) is 0. The zero-order chi connectivity index (χ0) is 11.7. The molecule has 0 spiro atoms. The van der Waals surface area contributed by atoms with Gasteiger partial charge in [0.25, 0.3) is 0 Å². The van der Waals surface area contributed by atoms with Gasteiger partial charge in [0.2, 0.25) is 0 Å². The molecule has 16 heavy (non-hydrogen) atoms. The molecule has 2 aromatic rings. The van der Waals surface area contributed by atoms with Gasteiger partial charge in [0.1, 0.15) is 20.6 Å². The smallest absolute Gasteiger partial charge is 0.138 e. The maximum atomic E-state index is 5.97. The van der Waals surface area contributed by atoms with Gasteiger partial charge in [-0.05, 0) is 29.8 Å². The standard InChI is InChI=1S/C10H4Cl4N2/c11-7-2-1-6(10(14)16-7)5-3-8(12)15-9(13)4-5/h1-4H. The molecule has 0 radical (unpaired) electrons. The first kappa shape index (κ1) is 11.9. The highest BCUT2D eigenvalue weighted by Gasteiger charge is 2.08. The first-order valence-electron chi connectivity index (χ1n) is 4.22. The lowest BCUT2D eigenvalue weighted by Gasteiger charge is -2.04. The van der Waals surface area contributed by atoms with Gasteiger partial charge >= 0.3 is 0 Å². The molecule has 0 aliphatic rings. The number of nitrogens with zero attached hydrogens (tertiary/aromatic N) is 2. The van der Waals surface area contributed by atoms with Crippen molar-refractivity contribution in [2.24, 2.45) is 0 Å². The molecule has 82 valence electrons. The van der Waals surface area contributed by atoms with E-state index in [1.54, 1.807) is 24.3 Å². The van der Waals surface area contributed by atoms with Crippen LogP contribution in [0.1, 0.15) is 0 Å². The maximum absolute atomic E-state index is 5.97. The van der Waals surface area contributed by atoms with E-state index in [9.17, 15) is 0 Å². The van der Waals surface area contributed by atoms with Crippen molar-refractivity contribution in [2.45, 2.75) is 0 Å². The summed E-state index contributed by atoms with van der Waals surface area (Å²) < 4.78 is 0. The number of pyridine rings is 2. The highest BCUT2D eigenvalue weighted by molar-refractivity contribution is 6.35. The Morgan fingerprint density at radius 3 is 1.94 bits per heavy atom. The quantitative estimate of drug-likeness (QED) is 0.709.